The van der Waals surface area contributed by atoms with Crippen LogP contribution < -0.4 is 5.32 Å². The van der Waals surface area contributed by atoms with Gasteiger partial charge in [-0.25, -0.2) is 13.2 Å². The molecule has 31 heavy (non-hydrogen) atoms. The van der Waals surface area contributed by atoms with E-state index in [0.717, 1.165) is 17.7 Å². The van der Waals surface area contributed by atoms with Crippen molar-refractivity contribution >= 4 is 21.7 Å². The number of nitrogens with zero attached hydrogens (tertiary/aromatic N) is 3. The van der Waals surface area contributed by atoms with Crippen LogP contribution in [0.2, 0.25) is 0 Å². The van der Waals surface area contributed by atoms with E-state index in [1.165, 1.54) is 9.87 Å². The van der Waals surface area contributed by atoms with Crippen molar-refractivity contribution in [1.29, 1.82) is 0 Å². The number of aromatic nitrogens is 1. The molecule has 3 fully saturated rings. The minimum absolute atomic E-state index is 0.220. The summed E-state index contributed by atoms with van der Waals surface area (Å²) in [5, 5.41) is 2.32. The summed E-state index contributed by atoms with van der Waals surface area (Å²) in [7, 11) is -3.51. The van der Waals surface area contributed by atoms with Crippen molar-refractivity contribution in [2.45, 2.75) is 43.3 Å². The number of hydrogen-bond donors (Lipinski definition) is 1. The Morgan fingerprint density at radius 1 is 1.16 bits per heavy atom. The molecular formula is C22H26N4O4S. The molecule has 8 nitrogen and oxygen atoms in total. The molecule has 9 heteroatoms. The monoisotopic (exact) mass is 442 g/mol. The number of ether oxygens (including phenoxy) is 1. The standard InChI is InChI=1S/C22H26N4O4S/c1-2-16-3-5-18(6-4-16)24-21(27)25-13-19-11-20-22(14-25,30-19)15-26(31(20,28)29)12-17-7-9-23-10-8-17/h3-10,19-20H,2,11-15H2,1H3,(H,24,27)/t19-,20+,22+/m1/s1. The zero-order valence-corrected chi connectivity index (χ0v) is 18.2. The van der Waals surface area contributed by atoms with Gasteiger partial charge in [0.15, 0.2) is 0 Å². The molecule has 4 heterocycles. The van der Waals surface area contributed by atoms with E-state index >= 15 is 0 Å². The minimum atomic E-state index is -3.51. The van der Waals surface area contributed by atoms with Gasteiger partial charge >= 0.3 is 6.03 Å². The van der Waals surface area contributed by atoms with Gasteiger partial charge in [-0.3, -0.25) is 4.98 Å². The number of carbonyl (C=O) groups is 1. The lowest BCUT2D eigenvalue weighted by Gasteiger charge is -2.39. The van der Waals surface area contributed by atoms with Crippen molar-refractivity contribution in [3.8, 4) is 0 Å². The van der Waals surface area contributed by atoms with Gasteiger partial charge in [-0.1, -0.05) is 19.1 Å². The average Bonchev–Trinajstić information content (AvgIpc) is 3.14. The summed E-state index contributed by atoms with van der Waals surface area (Å²) < 4.78 is 34.2. The fourth-order valence-electron chi connectivity index (χ4n) is 4.96. The van der Waals surface area contributed by atoms with Crippen molar-refractivity contribution in [3.63, 3.8) is 0 Å². The molecule has 3 atom stereocenters. The smallest absolute Gasteiger partial charge is 0.322 e. The Labute approximate surface area is 182 Å². The first-order valence-electron chi connectivity index (χ1n) is 10.6. The molecule has 3 saturated heterocycles. The van der Waals surface area contributed by atoms with E-state index in [-0.39, 0.29) is 31.8 Å². The van der Waals surface area contributed by atoms with Gasteiger partial charge in [0, 0.05) is 37.7 Å². The van der Waals surface area contributed by atoms with Crippen LogP contribution in [0.15, 0.2) is 48.8 Å². The van der Waals surface area contributed by atoms with Gasteiger partial charge in [-0.2, -0.15) is 4.31 Å². The zero-order chi connectivity index (χ0) is 21.6. The van der Waals surface area contributed by atoms with Gasteiger partial charge in [0.2, 0.25) is 10.0 Å². The largest absolute Gasteiger partial charge is 0.365 e. The number of sulfonamides is 1. The third-order valence-corrected chi connectivity index (χ3v) is 8.84. The second-order valence-electron chi connectivity index (χ2n) is 8.56. The highest BCUT2D eigenvalue weighted by molar-refractivity contribution is 7.90. The number of fused-ring (bicyclic) bond motifs is 1. The number of nitrogens with one attached hydrogen (secondary N) is 1. The predicted molar refractivity (Wildman–Crippen MR) is 116 cm³/mol. The van der Waals surface area contributed by atoms with Gasteiger partial charge in [-0.05, 0) is 48.2 Å². The van der Waals surface area contributed by atoms with Crippen LogP contribution in [-0.4, -0.2) is 65.2 Å². The van der Waals surface area contributed by atoms with Crippen molar-refractivity contribution < 1.29 is 17.9 Å². The third kappa shape index (κ3) is 3.60. The normalized spacial score (nSPS) is 29.0. The molecule has 0 saturated carbocycles. The van der Waals surface area contributed by atoms with Crippen LogP contribution in [0.3, 0.4) is 0 Å². The number of rotatable bonds is 4. The minimum Gasteiger partial charge on any atom is -0.365 e. The highest BCUT2D eigenvalue weighted by Crippen LogP contribution is 2.47. The summed E-state index contributed by atoms with van der Waals surface area (Å²) in [6.07, 6.45) is 4.41. The van der Waals surface area contributed by atoms with Gasteiger partial charge < -0.3 is 15.0 Å². The Morgan fingerprint density at radius 3 is 2.61 bits per heavy atom. The quantitative estimate of drug-likeness (QED) is 0.784. The number of aryl methyl sites for hydroxylation is 1. The number of amides is 2. The second-order valence-corrected chi connectivity index (χ2v) is 10.7. The molecule has 5 rings (SSSR count). The number of pyridine rings is 1. The third-order valence-electron chi connectivity index (χ3n) is 6.52. The highest BCUT2D eigenvalue weighted by Gasteiger charge is 2.65. The van der Waals surface area contributed by atoms with Crippen molar-refractivity contribution in [2.24, 2.45) is 0 Å². The molecule has 1 spiro atoms. The van der Waals surface area contributed by atoms with Crippen molar-refractivity contribution in [1.82, 2.24) is 14.2 Å². The molecule has 1 N–H and O–H groups in total. The van der Waals surface area contributed by atoms with Crippen LogP contribution in [0.1, 0.15) is 24.5 Å². The van der Waals surface area contributed by atoms with Gasteiger partial charge in [-0.15, -0.1) is 0 Å². The molecular weight excluding hydrogens is 416 g/mol. The lowest BCUT2D eigenvalue weighted by molar-refractivity contribution is -0.0946. The molecule has 0 unspecified atom stereocenters. The van der Waals surface area contributed by atoms with E-state index in [4.69, 9.17) is 4.74 Å². The summed E-state index contributed by atoms with van der Waals surface area (Å²) in [4.78, 5) is 18.6. The molecule has 2 aromatic rings. The van der Waals surface area contributed by atoms with E-state index in [1.807, 2.05) is 36.4 Å². The van der Waals surface area contributed by atoms with Crippen molar-refractivity contribution in [3.05, 3.63) is 59.9 Å². The molecule has 1 aromatic carbocycles. The zero-order valence-electron chi connectivity index (χ0n) is 17.4. The van der Waals surface area contributed by atoms with E-state index in [0.29, 0.717) is 13.0 Å². The first-order valence-corrected chi connectivity index (χ1v) is 12.1. The van der Waals surface area contributed by atoms with Crippen LogP contribution in [0.25, 0.3) is 0 Å². The van der Waals surface area contributed by atoms with Gasteiger partial charge in [0.1, 0.15) is 10.9 Å². The van der Waals surface area contributed by atoms with Crippen molar-refractivity contribution in [2.75, 3.05) is 25.0 Å². The number of anilines is 1. The molecule has 0 radical (unpaired) electrons. The summed E-state index contributed by atoms with van der Waals surface area (Å²) in [6, 6.07) is 11.2. The maximum absolute atomic E-state index is 13.3. The Kier molecular flexibility index (Phi) is 4.99. The summed E-state index contributed by atoms with van der Waals surface area (Å²) in [5.74, 6) is 0. The van der Waals surface area contributed by atoms with E-state index in [2.05, 4.69) is 17.2 Å². The second kappa shape index (κ2) is 7.58. The Morgan fingerprint density at radius 2 is 1.90 bits per heavy atom. The lowest BCUT2D eigenvalue weighted by atomic mass is 9.99. The van der Waals surface area contributed by atoms with E-state index < -0.39 is 20.9 Å². The van der Waals surface area contributed by atoms with Crippen LogP contribution >= 0.6 is 0 Å². The van der Waals surface area contributed by atoms with Crippen LogP contribution in [0.4, 0.5) is 10.5 Å². The van der Waals surface area contributed by atoms with Gasteiger partial charge in [0.25, 0.3) is 0 Å². The molecule has 2 bridgehead atoms. The average molecular weight is 443 g/mol. The SMILES string of the molecule is CCc1ccc(NC(=O)N2C[C@H]3C[C@H]4[C@](C2)(CN(Cc2ccncc2)S4(=O)=O)O3)cc1. The topological polar surface area (TPSA) is 91.8 Å². The summed E-state index contributed by atoms with van der Waals surface area (Å²) in [5.41, 5.74) is 1.94. The summed E-state index contributed by atoms with van der Waals surface area (Å²) in [6.45, 7) is 3.29. The van der Waals surface area contributed by atoms with Crippen LogP contribution in [-0.2, 0) is 27.7 Å². The highest BCUT2D eigenvalue weighted by atomic mass is 32.2. The number of morpholine rings is 1. The van der Waals surface area contributed by atoms with Gasteiger partial charge in [0.05, 0.1) is 12.6 Å². The van der Waals surface area contributed by atoms with Crippen LogP contribution in [0, 0.1) is 0 Å². The fraction of sp³-hybridized carbons (Fsp3) is 0.455. The first-order chi connectivity index (χ1) is 14.9. The maximum atomic E-state index is 13.3. The van der Waals surface area contributed by atoms with E-state index in [1.54, 1.807) is 17.3 Å². The van der Waals surface area contributed by atoms with E-state index in [9.17, 15) is 13.2 Å². The molecule has 2 amide bonds. The fourth-order valence-corrected chi connectivity index (χ4v) is 7.26. The summed E-state index contributed by atoms with van der Waals surface area (Å²) >= 11 is 0. The predicted octanol–water partition coefficient (Wildman–Crippen LogP) is 2.23. The molecule has 3 aliphatic rings. The molecule has 0 aliphatic carbocycles. The number of urea groups is 1. The lowest BCUT2D eigenvalue weighted by Crippen LogP contribution is -2.57. The molecule has 164 valence electrons. The number of carbonyl (C=O) groups excluding carboxylic acids is 1. The number of hydrogen-bond acceptors (Lipinski definition) is 5. The first kappa shape index (κ1) is 20.4. The molecule has 1 aromatic heterocycles. The Bertz CT molecular complexity index is 1080. The number of benzene rings is 1. The Balaban J connectivity index is 1.33. The molecule has 3 aliphatic heterocycles. The maximum Gasteiger partial charge on any atom is 0.322 e. The number of likely N-dealkylation sites (tertiary alicyclic amines) is 1. The Hall–Kier alpha value is -2.49. The van der Waals surface area contributed by atoms with Crippen LogP contribution in [0.5, 0.6) is 0 Å².